The SMILES string of the molecule is Cc1ccc(-c2csc(NC(=O)COC(=O)CCN=C3NS(=O)(=O)c4ccccc43)n2)cc1. The Kier molecular flexibility index (Phi) is 6.52. The van der Waals surface area contributed by atoms with Gasteiger partial charge < -0.3 is 4.74 Å². The van der Waals surface area contributed by atoms with Crippen LogP contribution in [0, 0.1) is 6.92 Å². The van der Waals surface area contributed by atoms with E-state index in [1.54, 1.807) is 18.2 Å². The van der Waals surface area contributed by atoms with E-state index < -0.39 is 28.5 Å². The highest BCUT2D eigenvalue weighted by Crippen LogP contribution is 2.25. The summed E-state index contributed by atoms with van der Waals surface area (Å²) in [5.74, 6) is -0.940. The molecule has 1 amide bonds. The number of sulfonamides is 1. The van der Waals surface area contributed by atoms with Crippen molar-refractivity contribution < 1.29 is 22.7 Å². The minimum atomic E-state index is -3.63. The lowest BCUT2D eigenvalue weighted by molar-refractivity contribution is -0.147. The number of aryl methyl sites for hydroxylation is 1. The number of ether oxygens (including phenoxy) is 1. The number of fused-ring (bicyclic) bond motifs is 1. The first kappa shape index (κ1) is 22.6. The standard InChI is InChI=1S/C22H20N4O5S2/c1-14-6-8-15(9-7-14)17-13-32-22(24-17)25-19(27)12-31-20(28)10-11-23-21-16-4-2-3-5-18(16)33(29,30)26-21/h2-9,13H,10-12H2,1H3,(H,23,26)(H,24,25,27). The number of hydrogen-bond acceptors (Lipinski definition) is 8. The molecule has 1 aliphatic rings. The Hall–Kier alpha value is -3.57. The van der Waals surface area contributed by atoms with Gasteiger partial charge in [-0.05, 0) is 19.1 Å². The number of amides is 1. The molecule has 1 aliphatic heterocycles. The van der Waals surface area contributed by atoms with Gasteiger partial charge in [0.05, 0.1) is 23.6 Å². The highest BCUT2D eigenvalue weighted by atomic mass is 32.2. The Morgan fingerprint density at radius 2 is 1.91 bits per heavy atom. The molecule has 0 unspecified atom stereocenters. The molecule has 3 aromatic rings. The quantitative estimate of drug-likeness (QED) is 0.497. The fourth-order valence-electron chi connectivity index (χ4n) is 3.07. The molecule has 0 aliphatic carbocycles. The third-order valence-electron chi connectivity index (χ3n) is 4.71. The number of anilines is 1. The molecule has 0 radical (unpaired) electrons. The van der Waals surface area contributed by atoms with E-state index >= 15 is 0 Å². The number of benzene rings is 2. The Morgan fingerprint density at radius 3 is 2.70 bits per heavy atom. The third kappa shape index (κ3) is 5.44. The molecule has 0 spiro atoms. The van der Waals surface area contributed by atoms with Gasteiger partial charge in [-0.25, -0.2) is 13.4 Å². The highest BCUT2D eigenvalue weighted by Gasteiger charge is 2.30. The number of nitrogens with one attached hydrogen (secondary N) is 2. The van der Waals surface area contributed by atoms with Crippen molar-refractivity contribution in [2.45, 2.75) is 18.2 Å². The number of nitrogens with zero attached hydrogens (tertiary/aromatic N) is 2. The zero-order valence-electron chi connectivity index (χ0n) is 17.6. The van der Waals surface area contributed by atoms with Crippen molar-refractivity contribution in [3.8, 4) is 11.3 Å². The first-order chi connectivity index (χ1) is 15.8. The van der Waals surface area contributed by atoms with Crippen molar-refractivity contribution in [3.05, 3.63) is 65.0 Å². The molecular formula is C22H20N4O5S2. The van der Waals surface area contributed by atoms with E-state index in [2.05, 4.69) is 20.0 Å². The van der Waals surface area contributed by atoms with E-state index in [4.69, 9.17) is 4.74 Å². The molecule has 2 aromatic carbocycles. The molecule has 0 fully saturated rings. The summed E-state index contributed by atoms with van der Waals surface area (Å²) in [6.45, 7) is 1.56. The maximum absolute atomic E-state index is 12.1. The van der Waals surface area contributed by atoms with Crippen LogP contribution in [-0.2, 0) is 24.3 Å². The summed E-state index contributed by atoms with van der Waals surface area (Å²) in [4.78, 5) is 32.7. The van der Waals surface area contributed by atoms with E-state index in [-0.39, 0.29) is 23.7 Å². The molecule has 4 rings (SSSR count). The number of carbonyl (C=O) groups is 2. The average Bonchev–Trinajstić information content (AvgIpc) is 3.35. The van der Waals surface area contributed by atoms with Gasteiger partial charge in [-0.2, -0.15) is 0 Å². The minimum absolute atomic E-state index is 0.0129. The summed E-state index contributed by atoms with van der Waals surface area (Å²) in [5.41, 5.74) is 3.29. The summed E-state index contributed by atoms with van der Waals surface area (Å²) in [5, 5.41) is 4.85. The van der Waals surface area contributed by atoms with Crippen LogP contribution in [0.15, 0.2) is 63.8 Å². The topological polar surface area (TPSA) is 127 Å². The summed E-state index contributed by atoms with van der Waals surface area (Å²) >= 11 is 1.28. The van der Waals surface area contributed by atoms with Crippen LogP contribution in [0.25, 0.3) is 11.3 Å². The number of thiazole rings is 1. The van der Waals surface area contributed by atoms with Crippen LogP contribution in [0.5, 0.6) is 0 Å². The number of aliphatic imine (C=N–C) groups is 1. The van der Waals surface area contributed by atoms with Crippen molar-refractivity contribution >= 4 is 44.2 Å². The van der Waals surface area contributed by atoms with E-state index in [1.807, 2.05) is 36.6 Å². The molecular weight excluding hydrogens is 464 g/mol. The molecule has 2 heterocycles. The zero-order chi connectivity index (χ0) is 23.4. The number of aromatic nitrogens is 1. The molecule has 2 N–H and O–H groups in total. The van der Waals surface area contributed by atoms with Crippen LogP contribution in [0.4, 0.5) is 5.13 Å². The number of rotatable bonds is 7. The largest absolute Gasteiger partial charge is 0.456 e. The highest BCUT2D eigenvalue weighted by molar-refractivity contribution is 7.90. The van der Waals surface area contributed by atoms with Gasteiger partial charge >= 0.3 is 5.97 Å². The van der Waals surface area contributed by atoms with Crippen molar-refractivity contribution in [1.29, 1.82) is 0 Å². The number of amidine groups is 1. The van der Waals surface area contributed by atoms with E-state index in [1.165, 1.54) is 17.4 Å². The molecule has 0 saturated heterocycles. The summed E-state index contributed by atoms with van der Waals surface area (Å²) in [7, 11) is -3.63. The van der Waals surface area contributed by atoms with Crippen LogP contribution in [0.2, 0.25) is 0 Å². The summed E-state index contributed by atoms with van der Waals surface area (Å²) in [6.07, 6.45) is -0.102. The number of esters is 1. The molecule has 170 valence electrons. The second-order valence-corrected chi connectivity index (χ2v) is 9.70. The van der Waals surface area contributed by atoms with Gasteiger partial charge in [-0.15, -0.1) is 11.3 Å². The lowest BCUT2D eigenvalue weighted by Gasteiger charge is -2.04. The molecule has 1 aromatic heterocycles. The maximum atomic E-state index is 12.1. The smallest absolute Gasteiger partial charge is 0.308 e. The second-order valence-electron chi connectivity index (χ2n) is 7.19. The minimum Gasteiger partial charge on any atom is -0.456 e. The van der Waals surface area contributed by atoms with Gasteiger partial charge in [0.25, 0.3) is 15.9 Å². The average molecular weight is 485 g/mol. The van der Waals surface area contributed by atoms with E-state index in [0.717, 1.165) is 16.8 Å². The molecule has 11 heteroatoms. The van der Waals surface area contributed by atoms with Gasteiger partial charge in [-0.1, -0.05) is 42.0 Å². The van der Waals surface area contributed by atoms with E-state index in [0.29, 0.717) is 10.7 Å². The van der Waals surface area contributed by atoms with E-state index in [9.17, 15) is 18.0 Å². The number of carbonyl (C=O) groups excluding carboxylic acids is 2. The van der Waals surface area contributed by atoms with Gasteiger partial charge in [-0.3, -0.25) is 24.6 Å². The first-order valence-corrected chi connectivity index (χ1v) is 12.3. The predicted molar refractivity (Wildman–Crippen MR) is 125 cm³/mol. The Bertz CT molecular complexity index is 1330. The normalized spacial score (nSPS) is 15.0. The van der Waals surface area contributed by atoms with Crippen molar-refractivity contribution in [2.24, 2.45) is 4.99 Å². The monoisotopic (exact) mass is 484 g/mol. The summed E-state index contributed by atoms with van der Waals surface area (Å²) < 4.78 is 31.4. The second kappa shape index (κ2) is 9.51. The van der Waals surface area contributed by atoms with Gasteiger partial charge in [0.1, 0.15) is 5.84 Å². The Balaban J connectivity index is 1.24. The van der Waals surface area contributed by atoms with Gasteiger partial charge in [0, 0.05) is 16.5 Å². The molecule has 33 heavy (non-hydrogen) atoms. The molecule has 0 saturated carbocycles. The third-order valence-corrected chi connectivity index (χ3v) is 6.87. The lowest BCUT2D eigenvalue weighted by atomic mass is 10.1. The van der Waals surface area contributed by atoms with Crippen molar-refractivity contribution in [3.63, 3.8) is 0 Å². The summed E-state index contributed by atoms with van der Waals surface area (Å²) in [6, 6.07) is 14.3. The van der Waals surface area contributed by atoms with Crippen LogP contribution < -0.4 is 10.0 Å². The lowest BCUT2D eigenvalue weighted by Crippen LogP contribution is -2.23. The Labute approximate surface area is 194 Å². The van der Waals surface area contributed by atoms with Crippen molar-refractivity contribution in [2.75, 3.05) is 18.5 Å². The van der Waals surface area contributed by atoms with Crippen LogP contribution in [-0.4, -0.2) is 44.3 Å². The van der Waals surface area contributed by atoms with Gasteiger partial charge in [0.2, 0.25) is 0 Å². The first-order valence-electron chi connectivity index (χ1n) is 9.96. The maximum Gasteiger partial charge on any atom is 0.308 e. The fourth-order valence-corrected chi connectivity index (χ4v) is 5.06. The van der Waals surface area contributed by atoms with Crippen LogP contribution in [0.1, 0.15) is 17.5 Å². The van der Waals surface area contributed by atoms with Crippen LogP contribution in [0.3, 0.4) is 0 Å². The van der Waals surface area contributed by atoms with Crippen LogP contribution >= 0.6 is 11.3 Å². The molecule has 0 bridgehead atoms. The zero-order valence-corrected chi connectivity index (χ0v) is 19.2. The molecule has 9 nitrogen and oxygen atoms in total. The van der Waals surface area contributed by atoms with Crippen molar-refractivity contribution in [1.82, 2.24) is 9.71 Å². The molecule has 0 atom stereocenters. The predicted octanol–water partition coefficient (Wildman–Crippen LogP) is 2.73. The fraction of sp³-hybridized carbons (Fsp3) is 0.182. The number of hydrogen-bond donors (Lipinski definition) is 2. The van der Waals surface area contributed by atoms with Gasteiger partial charge in [0.15, 0.2) is 11.7 Å². The Morgan fingerprint density at radius 1 is 1.15 bits per heavy atom.